The van der Waals surface area contributed by atoms with E-state index in [1.807, 2.05) is 5.92 Å². The summed E-state index contributed by atoms with van der Waals surface area (Å²) in [6.45, 7) is 1.67. The molecule has 2 rings (SSSR count). The zero-order valence-electron chi connectivity index (χ0n) is 13.0. The smallest absolute Gasteiger partial charge is 0.303 e. The second-order valence-electron chi connectivity index (χ2n) is 5.55. The Morgan fingerprint density at radius 1 is 1.43 bits per heavy atom. The molecule has 122 valence electrons. The van der Waals surface area contributed by atoms with Crippen molar-refractivity contribution in [2.75, 3.05) is 18.1 Å². The van der Waals surface area contributed by atoms with Crippen molar-refractivity contribution in [2.24, 2.45) is 5.73 Å². The van der Waals surface area contributed by atoms with Gasteiger partial charge in [0.15, 0.2) is 0 Å². The molecule has 0 aliphatic carbocycles. The number of nitrogens with two attached hydrogens (primary N) is 1. The number of rotatable bonds is 4. The fourth-order valence-corrected chi connectivity index (χ4v) is 2.87. The summed E-state index contributed by atoms with van der Waals surface area (Å²) < 4.78 is 18.3. The van der Waals surface area contributed by atoms with Crippen molar-refractivity contribution in [1.82, 2.24) is 0 Å². The number of benzene rings is 1. The standard InChI is InChI=1S/C17H19FN2O3/c1-3-15(21)20(14-10-13(11-18)5-4-12(14)2)17(16(19)22)6-8-23-9-7-17/h1,4-5,10H,6-9,11H2,2H3,(H2,19,22). The number of anilines is 1. The molecule has 0 saturated carbocycles. The van der Waals surface area contributed by atoms with Crippen LogP contribution < -0.4 is 10.6 Å². The van der Waals surface area contributed by atoms with Crippen molar-refractivity contribution < 1.29 is 18.7 Å². The normalized spacial score (nSPS) is 16.4. The summed E-state index contributed by atoms with van der Waals surface area (Å²) in [5.74, 6) is 0.730. The highest BCUT2D eigenvalue weighted by molar-refractivity contribution is 6.11. The molecule has 1 aliphatic heterocycles. The van der Waals surface area contributed by atoms with Crippen molar-refractivity contribution in [2.45, 2.75) is 32.0 Å². The van der Waals surface area contributed by atoms with E-state index >= 15 is 0 Å². The summed E-state index contributed by atoms with van der Waals surface area (Å²) in [6.07, 6.45) is 5.79. The first-order chi connectivity index (χ1) is 11.0. The predicted molar refractivity (Wildman–Crippen MR) is 84.3 cm³/mol. The number of hydrogen-bond donors (Lipinski definition) is 1. The molecule has 2 N–H and O–H groups in total. The SMILES string of the molecule is C#CC(=O)N(c1cc(CF)ccc1C)C1(C(N)=O)CCOCC1. The molecule has 0 spiro atoms. The molecule has 0 aromatic heterocycles. The van der Waals surface area contributed by atoms with Crippen LogP contribution in [0.5, 0.6) is 0 Å². The topological polar surface area (TPSA) is 72.6 Å². The van der Waals surface area contributed by atoms with Gasteiger partial charge in [0.25, 0.3) is 0 Å². The lowest BCUT2D eigenvalue weighted by Gasteiger charge is -2.43. The van der Waals surface area contributed by atoms with E-state index in [1.165, 1.54) is 11.0 Å². The summed E-state index contributed by atoms with van der Waals surface area (Å²) in [7, 11) is 0. The van der Waals surface area contributed by atoms with Crippen molar-refractivity contribution in [3.05, 3.63) is 29.3 Å². The Morgan fingerprint density at radius 3 is 2.61 bits per heavy atom. The highest BCUT2D eigenvalue weighted by Crippen LogP contribution is 2.35. The second kappa shape index (κ2) is 6.80. The number of hydrogen-bond acceptors (Lipinski definition) is 3. The molecule has 6 heteroatoms. The maximum atomic E-state index is 13.0. The highest BCUT2D eigenvalue weighted by atomic mass is 19.1. The van der Waals surface area contributed by atoms with Crippen LogP contribution in [0.15, 0.2) is 18.2 Å². The molecule has 0 atom stereocenters. The van der Waals surface area contributed by atoms with Gasteiger partial charge in [0.05, 0.1) is 0 Å². The third-order valence-corrected chi connectivity index (χ3v) is 4.20. The Labute approximate surface area is 134 Å². The minimum Gasteiger partial charge on any atom is -0.381 e. The second-order valence-corrected chi connectivity index (χ2v) is 5.55. The molecular formula is C17H19FN2O3. The van der Waals surface area contributed by atoms with Crippen LogP contribution in [0, 0.1) is 19.3 Å². The van der Waals surface area contributed by atoms with Gasteiger partial charge in [-0.15, -0.1) is 6.42 Å². The number of carbonyl (C=O) groups is 2. The summed E-state index contributed by atoms with van der Waals surface area (Å²) in [5.41, 5.74) is 5.87. The van der Waals surface area contributed by atoms with Crippen molar-refractivity contribution >= 4 is 17.5 Å². The van der Waals surface area contributed by atoms with Crippen LogP contribution in [-0.2, 0) is 21.0 Å². The first-order valence-electron chi connectivity index (χ1n) is 7.30. The van der Waals surface area contributed by atoms with Gasteiger partial charge in [-0.05, 0) is 30.0 Å². The van der Waals surface area contributed by atoms with Gasteiger partial charge in [0.2, 0.25) is 5.91 Å². The number of ether oxygens (including phenoxy) is 1. The Balaban J connectivity index is 2.64. The molecule has 1 fully saturated rings. The molecule has 1 aliphatic rings. The summed E-state index contributed by atoms with van der Waals surface area (Å²) in [4.78, 5) is 25.9. The predicted octanol–water partition coefficient (Wildman–Crippen LogP) is 1.47. The first kappa shape index (κ1) is 17.0. The number of carbonyl (C=O) groups excluding carboxylic acids is 2. The Hall–Kier alpha value is -2.39. The van der Waals surface area contributed by atoms with E-state index in [0.29, 0.717) is 30.0 Å². The van der Waals surface area contributed by atoms with Crippen LogP contribution >= 0.6 is 0 Å². The van der Waals surface area contributed by atoms with Crippen LogP contribution in [0.25, 0.3) is 0 Å². The number of terminal acetylenes is 1. The lowest BCUT2D eigenvalue weighted by Crippen LogP contribution is -2.62. The Morgan fingerprint density at radius 2 is 2.09 bits per heavy atom. The number of aryl methyl sites for hydroxylation is 1. The molecule has 1 aromatic rings. The van der Waals surface area contributed by atoms with E-state index in [2.05, 4.69) is 0 Å². The van der Waals surface area contributed by atoms with Gasteiger partial charge in [0.1, 0.15) is 12.2 Å². The van der Waals surface area contributed by atoms with Crippen molar-refractivity contribution in [1.29, 1.82) is 0 Å². The highest BCUT2D eigenvalue weighted by Gasteiger charge is 2.47. The Bertz CT molecular complexity index is 660. The molecular weight excluding hydrogens is 299 g/mol. The maximum absolute atomic E-state index is 13.0. The zero-order chi connectivity index (χ0) is 17.0. The minimum atomic E-state index is -1.26. The number of alkyl halides is 1. The first-order valence-corrected chi connectivity index (χ1v) is 7.30. The molecule has 0 bridgehead atoms. The molecule has 1 aromatic carbocycles. The van der Waals surface area contributed by atoms with Gasteiger partial charge in [-0.1, -0.05) is 12.1 Å². The van der Waals surface area contributed by atoms with Crippen LogP contribution in [0.2, 0.25) is 0 Å². The summed E-state index contributed by atoms with van der Waals surface area (Å²) >= 11 is 0. The van der Waals surface area contributed by atoms with Gasteiger partial charge in [-0.25, -0.2) is 4.39 Å². The summed E-state index contributed by atoms with van der Waals surface area (Å²) in [5, 5.41) is 0. The lowest BCUT2D eigenvalue weighted by molar-refractivity contribution is -0.130. The van der Waals surface area contributed by atoms with Crippen molar-refractivity contribution in [3.8, 4) is 12.3 Å². The third kappa shape index (κ3) is 3.06. The minimum absolute atomic E-state index is 0.245. The number of nitrogens with zero attached hydrogens (tertiary/aromatic N) is 1. The van der Waals surface area contributed by atoms with Gasteiger partial charge < -0.3 is 10.5 Å². The molecule has 0 unspecified atom stereocenters. The number of primary amides is 1. The molecule has 23 heavy (non-hydrogen) atoms. The lowest BCUT2D eigenvalue weighted by atomic mass is 9.85. The Kier molecular flexibility index (Phi) is 5.02. The third-order valence-electron chi connectivity index (χ3n) is 4.20. The van der Waals surface area contributed by atoms with Gasteiger partial charge in [-0.3, -0.25) is 14.5 Å². The van der Waals surface area contributed by atoms with E-state index in [9.17, 15) is 14.0 Å². The van der Waals surface area contributed by atoms with E-state index in [0.717, 1.165) is 0 Å². The fraction of sp³-hybridized carbons (Fsp3) is 0.412. The molecule has 0 radical (unpaired) electrons. The molecule has 1 heterocycles. The largest absolute Gasteiger partial charge is 0.381 e. The average Bonchev–Trinajstić information content (AvgIpc) is 2.57. The zero-order valence-corrected chi connectivity index (χ0v) is 13.0. The van der Waals surface area contributed by atoms with Crippen LogP contribution in [0.1, 0.15) is 24.0 Å². The monoisotopic (exact) mass is 318 g/mol. The van der Waals surface area contributed by atoms with Gasteiger partial charge >= 0.3 is 5.91 Å². The van der Waals surface area contributed by atoms with E-state index < -0.39 is 24.0 Å². The summed E-state index contributed by atoms with van der Waals surface area (Å²) in [6, 6.07) is 4.85. The molecule has 2 amide bonds. The van der Waals surface area contributed by atoms with Crippen LogP contribution in [0.3, 0.4) is 0 Å². The van der Waals surface area contributed by atoms with E-state index in [1.54, 1.807) is 19.1 Å². The molecule has 5 nitrogen and oxygen atoms in total. The van der Waals surface area contributed by atoms with Crippen LogP contribution in [-0.4, -0.2) is 30.6 Å². The maximum Gasteiger partial charge on any atom is 0.303 e. The van der Waals surface area contributed by atoms with E-state index in [-0.39, 0.29) is 12.8 Å². The number of halogens is 1. The van der Waals surface area contributed by atoms with Gasteiger partial charge in [0, 0.05) is 31.7 Å². The van der Waals surface area contributed by atoms with Crippen molar-refractivity contribution in [3.63, 3.8) is 0 Å². The number of amides is 2. The van der Waals surface area contributed by atoms with Gasteiger partial charge in [-0.2, -0.15) is 0 Å². The fourth-order valence-electron chi connectivity index (χ4n) is 2.87. The molecule has 1 saturated heterocycles. The van der Waals surface area contributed by atoms with Crippen LogP contribution in [0.4, 0.5) is 10.1 Å². The quantitative estimate of drug-likeness (QED) is 0.854. The van der Waals surface area contributed by atoms with E-state index in [4.69, 9.17) is 16.9 Å². The average molecular weight is 318 g/mol.